The van der Waals surface area contributed by atoms with Gasteiger partial charge in [0.15, 0.2) is 0 Å². The van der Waals surface area contributed by atoms with Gasteiger partial charge in [0.05, 0.1) is 0 Å². The minimum atomic E-state index is 0.781. The third kappa shape index (κ3) is 4.48. The van der Waals surface area contributed by atoms with Crippen molar-refractivity contribution in [3.05, 3.63) is 0 Å². The second-order valence-electron chi connectivity index (χ2n) is 2.61. The molecule has 0 fully saturated rings. The second-order valence-corrected chi connectivity index (χ2v) is 4.06. The number of thiol groups is 1. The molecule has 0 saturated carbocycles. The van der Waals surface area contributed by atoms with E-state index in [0.717, 1.165) is 17.6 Å². The van der Waals surface area contributed by atoms with Crippen LogP contribution in [0.2, 0.25) is 0 Å². The average Bonchev–Trinajstić information content (AvgIpc) is 1.87. The maximum atomic E-state index is 4.25. The molecule has 0 aromatic rings. The molecule has 0 nitrogen and oxygen atoms in total. The fourth-order valence-electron chi connectivity index (χ4n) is 0.637. The zero-order valence-electron chi connectivity index (χ0n) is 6.10. The largest absolute Gasteiger partial charge is 0.179 e. The Morgan fingerprint density at radius 3 is 2.22 bits per heavy atom. The van der Waals surface area contributed by atoms with Crippen LogP contribution in [0.5, 0.6) is 0 Å². The number of hydrogen-bond acceptors (Lipinski definition) is 1. The van der Waals surface area contributed by atoms with E-state index in [9.17, 15) is 0 Å². The molecule has 9 heavy (non-hydrogen) atoms. The lowest BCUT2D eigenvalue weighted by atomic mass is 9.96. The lowest BCUT2D eigenvalue weighted by Gasteiger charge is -2.15. The molecule has 0 radical (unpaired) electrons. The fraction of sp³-hybridized carbons (Fsp3) is 1.00. The van der Waals surface area contributed by atoms with Gasteiger partial charge in [-0.3, -0.25) is 0 Å². The Morgan fingerprint density at radius 2 is 1.89 bits per heavy atom. The molecule has 0 N–H and O–H groups in total. The van der Waals surface area contributed by atoms with Crippen LogP contribution < -0.4 is 0 Å². The van der Waals surface area contributed by atoms with Gasteiger partial charge in [0, 0.05) is 0 Å². The third-order valence-corrected chi connectivity index (χ3v) is 3.02. The van der Waals surface area contributed by atoms with Crippen LogP contribution in [-0.4, -0.2) is 10.2 Å². The lowest BCUT2D eigenvalue weighted by molar-refractivity contribution is 0.419. The van der Waals surface area contributed by atoms with E-state index in [1.807, 2.05) is 0 Å². The van der Waals surface area contributed by atoms with Crippen LogP contribution >= 0.6 is 35.2 Å². The molecule has 2 unspecified atom stereocenters. The van der Waals surface area contributed by atoms with Gasteiger partial charge < -0.3 is 0 Å². The Hall–Kier alpha value is 1.08. The summed E-state index contributed by atoms with van der Waals surface area (Å²) in [6.07, 6.45) is 1.34. The van der Waals surface area contributed by atoms with E-state index in [1.165, 1.54) is 10.8 Å². The zero-order chi connectivity index (χ0) is 7.28. The maximum absolute atomic E-state index is 4.25. The molecule has 0 aromatic carbocycles. The van der Waals surface area contributed by atoms with Crippen LogP contribution in [0.25, 0.3) is 0 Å². The molecule has 0 bridgehead atoms. The highest BCUT2D eigenvalue weighted by atomic mass is 127. The highest BCUT2D eigenvalue weighted by Crippen LogP contribution is 2.16. The van der Waals surface area contributed by atoms with Gasteiger partial charge in [0.1, 0.15) is 0 Å². The van der Waals surface area contributed by atoms with Gasteiger partial charge in [0.2, 0.25) is 0 Å². The summed E-state index contributed by atoms with van der Waals surface area (Å²) in [5, 5.41) is 0. The normalized spacial score (nSPS) is 17.3. The monoisotopic (exact) mass is 258 g/mol. The first-order valence-corrected chi connectivity index (χ1v) is 5.55. The average molecular weight is 258 g/mol. The van der Waals surface area contributed by atoms with Crippen LogP contribution in [0, 0.1) is 11.8 Å². The highest BCUT2D eigenvalue weighted by molar-refractivity contribution is 14.1. The Labute approximate surface area is 77.3 Å². The predicted octanol–water partition coefficient (Wildman–Crippen LogP) is 3.01. The number of alkyl halides is 1. The molecule has 2 atom stereocenters. The van der Waals surface area contributed by atoms with E-state index in [0.29, 0.717) is 0 Å². The Morgan fingerprint density at radius 1 is 1.33 bits per heavy atom. The number of rotatable bonds is 4. The van der Waals surface area contributed by atoms with Crippen LogP contribution in [0.15, 0.2) is 0 Å². The summed E-state index contributed by atoms with van der Waals surface area (Å²) in [7, 11) is 0. The SMILES string of the molecule is CC(CS)C(C)CCI. The molecule has 0 aliphatic heterocycles. The summed E-state index contributed by atoms with van der Waals surface area (Å²) >= 11 is 6.67. The topological polar surface area (TPSA) is 0 Å². The Bertz CT molecular complexity index is 65.9. The maximum Gasteiger partial charge on any atom is -0.000209 e. The smallest absolute Gasteiger partial charge is 0.000209 e. The van der Waals surface area contributed by atoms with Crippen molar-refractivity contribution in [3.8, 4) is 0 Å². The van der Waals surface area contributed by atoms with Gasteiger partial charge in [-0.05, 0) is 28.4 Å². The first kappa shape index (κ1) is 10.1. The standard InChI is InChI=1S/C7H15IS/c1-6(3-4-8)7(2)5-9/h6-7,9H,3-5H2,1-2H3. The van der Waals surface area contributed by atoms with Crippen molar-refractivity contribution in [3.63, 3.8) is 0 Å². The minimum absolute atomic E-state index is 0.781. The van der Waals surface area contributed by atoms with E-state index < -0.39 is 0 Å². The molecular formula is C7H15IS. The van der Waals surface area contributed by atoms with E-state index >= 15 is 0 Å². The van der Waals surface area contributed by atoms with Gasteiger partial charge in [-0.1, -0.05) is 36.4 Å². The molecule has 0 heterocycles. The van der Waals surface area contributed by atoms with E-state index in [2.05, 4.69) is 49.1 Å². The lowest BCUT2D eigenvalue weighted by Crippen LogP contribution is -2.09. The van der Waals surface area contributed by atoms with Gasteiger partial charge >= 0.3 is 0 Å². The van der Waals surface area contributed by atoms with Gasteiger partial charge in [-0.25, -0.2) is 0 Å². The quantitative estimate of drug-likeness (QED) is 0.447. The van der Waals surface area contributed by atoms with Crippen molar-refractivity contribution >= 4 is 35.2 Å². The first-order valence-electron chi connectivity index (χ1n) is 3.39. The fourth-order valence-corrected chi connectivity index (χ4v) is 1.98. The molecule has 0 aliphatic carbocycles. The molecule has 0 spiro atoms. The Balaban J connectivity index is 3.32. The van der Waals surface area contributed by atoms with E-state index in [1.54, 1.807) is 0 Å². The van der Waals surface area contributed by atoms with Gasteiger partial charge in [-0.2, -0.15) is 12.6 Å². The summed E-state index contributed by atoms with van der Waals surface area (Å²) in [6, 6.07) is 0. The summed E-state index contributed by atoms with van der Waals surface area (Å²) < 4.78 is 1.27. The molecule has 0 rings (SSSR count). The van der Waals surface area contributed by atoms with Crippen LogP contribution in [0.3, 0.4) is 0 Å². The van der Waals surface area contributed by atoms with Crippen molar-refractivity contribution in [1.29, 1.82) is 0 Å². The van der Waals surface area contributed by atoms with Crippen LogP contribution in [-0.2, 0) is 0 Å². The summed E-state index contributed by atoms with van der Waals surface area (Å²) in [4.78, 5) is 0. The van der Waals surface area contributed by atoms with Crippen molar-refractivity contribution in [1.82, 2.24) is 0 Å². The molecule has 0 saturated heterocycles. The summed E-state index contributed by atoms with van der Waals surface area (Å²) in [6.45, 7) is 4.57. The van der Waals surface area contributed by atoms with Crippen LogP contribution in [0.4, 0.5) is 0 Å². The highest BCUT2D eigenvalue weighted by Gasteiger charge is 2.08. The second kappa shape index (κ2) is 5.83. The molecular weight excluding hydrogens is 243 g/mol. The van der Waals surface area contributed by atoms with Crippen LogP contribution in [0.1, 0.15) is 20.3 Å². The number of halogens is 1. The molecule has 0 aliphatic rings. The summed E-state index contributed by atoms with van der Waals surface area (Å²) in [5.41, 5.74) is 0. The van der Waals surface area contributed by atoms with Gasteiger partial charge in [-0.15, -0.1) is 0 Å². The van der Waals surface area contributed by atoms with E-state index in [4.69, 9.17) is 0 Å². The Kier molecular flexibility index (Phi) is 6.53. The molecule has 56 valence electrons. The minimum Gasteiger partial charge on any atom is -0.179 e. The first-order chi connectivity index (χ1) is 4.22. The zero-order valence-corrected chi connectivity index (χ0v) is 9.15. The summed E-state index contributed by atoms with van der Waals surface area (Å²) in [5.74, 6) is 2.65. The van der Waals surface area contributed by atoms with Gasteiger partial charge in [0.25, 0.3) is 0 Å². The molecule has 0 amide bonds. The van der Waals surface area contributed by atoms with Crippen molar-refractivity contribution in [2.24, 2.45) is 11.8 Å². The van der Waals surface area contributed by atoms with Crippen molar-refractivity contribution in [2.75, 3.05) is 10.2 Å². The molecule has 0 aromatic heterocycles. The van der Waals surface area contributed by atoms with Crippen molar-refractivity contribution < 1.29 is 0 Å². The molecule has 2 heteroatoms. The van der Waals surface area contributed by atoms with E-state index in [-0.39, 0.29) is 0 Å². The predicted molar refractivity (Wildman–Crippen MR) is 55.7 cm³/mol. The van der Waals surface area contributed by atoms with Crippen molar-refractivity contribution in [2.45, 2.75) is 20.3 Å². The third-order valence-electron chi connectivity index (χ3n) is 1.82. The number of hydrogen-bond donors (Lipinski definition) is 1.